The minimum atomic E-state index is -0.127. The van der Waals surface area contributed by atoms with E-state index in [-0.39, 0.29) is 11.1 Å². The van der Waals surface area contributed by atoms with Crippen LogP contribution in [0.3, 0.4) is 0 Å². The van der Waals surface area contributed by atoms with Crippen LogP contribution >= 0.6 is 23.1 Å². The van der Waals surface area contributed by atoms with Crippen LogP contribution in [0.15, 0.2) is 68.0 Å². The second-order valence-corrected chi connectivity index (χ2v) is 10.7. The zero-order valence-electron chi connectivity index (χ0n) is 18.6. The molecule has 1 aliphatic carbocycles. The molecule has 0 radical (unpaired) electrons. The standard InChI is InChI=1S/C25H22N4O3S2/c1-15-7-8-18-19(11-15)34-23-22(18)24(31)29(13-17-5-4-10-32-17)25(27-23)33-14-16-12-21(30)28-9-3-2-6-20(28)26-16/h2-6,9-10,12,15H,7-8,11,13-14H2,1H3. The maximum absolute atomic E-state index is 13.7. The van der Waals surface area contributed by atoms with Gasteiger partial charge >= 0.3 is 0 Å². The molecule has 5 aromatic rings. The highest BCUT2D eigenvalue weighted by Gasteiger charge is 2.25. The second kappa shape index (κ2) is 8.56. The van der Waals surface area contributed by atoms with Gasteiger partial charge in [0.2, 0.25) is 0 Å². The van der Waals surface area contributed by atoms with E-state index in [0.717, 1.165) is 29.5 Å². The number of nitrogens with zero attached hydrogens (tertiary/aromatic N) is 4. The van der Waals surface area contributed by atoms with E-state index >= 15 is 0 Å². The predicted molar refractivity (Wildman–Crippen MR) is 134 cm³/mol. The normalized spacial score (nSPS) is 15.7. The minimum absolute atomic E-state index is 0.0255. The van der Waals surface area contributed by atoms with Crippen LogP contribution in [0.5, 0.6) is 0 Å². The lowest BCUT2D eigenvalue weighted by molar-refractivity contribution is 0.476. The highest BCUT2D eigenvalue weighted by Crippen LogP contribution is 2.36. The molecule has 5 heterocycles. The van der Waals surface area contributed by atoms with Gasteiger partial charge in [-0.2, -0.15) is 0 Å². The number of thiophene rings is 1. The maximum Gasteiger partial charge on any atom is 0.263 e. The van der Waals surface area contributed by atoms with E-state index in [9.17, 15) is 9.59 Å². The number of fused-ring (bicyclic) bond motifs is 4. The molecule has 1 aliphatic rings. The van der Waals surface area contributed by atoms with Crippen molar-refractivity contribution in [2.24, 2.45) is 5.92 Å². The van der Waals surface area contributed by atoms with Gasteiger partial charge in [0.05, 0.1) is 23.9 Å². The lowest BCUT2D eigenvalue weighted by atomic mass is 9.89. The Morgan fingerprint density at radius 1 is 1.21 bits per heavy atom. The fourth-order valence-electron chi connectivity index (χ4n) is 4.53. The lowest BCUT2D eigenvalue weighted by Crippen LogP contribution is -2.24. The van der Waals surface area contributed by atoms with Gasteiger partial charge < -0.3 is 4.42 Å². The second-order valence-electron chi connectivity index (χ2n) is 8.70. The molecular weight excluding hydrogens is 468 g/mol. The highest BCUT2D eigenvalue weighted by atomic mass is 32.2. The molecular formula is C25H22N4O3S2. The smallest absolute Gasteiger partial charge is 0.263 e. The Balaban J connectivity index is 1.43. The number of thioether (sulfide) groups is 1. The van der Waals surface area contributed by atoms with Gasteiger partial charge in [-0.3, -0.25) is 18.6 Å². The fraction of sp³-hybridized carbons (Fsp3) is 0.280. The van der Waals surface area contributed by atoms with E-state index in [1.54, 1.807) is 40.5 Å². The Bertz CT molecular complexity index is 1630. The maximum atomic E-state index is 13.7. The van der Waals surface area contributed by atoms with Crippen molar-refractivity contribution in [3.8, 4) is 0 Å². The Hall–Kier alpha value is -3.17. The van der Waals surface area contributed by atoms with Crippen molar-refractivity contribution in [2.45, 2.75) is 43.6 Å². The first-order valence-corrected chi connectivity index (χ1v) is 13.0. The Kier molecular flexibility index (Phi) is 5.38. The molecule has 1 atom stereocenters. The van der Waals surface area contributed by atoms with E-state index < -0.39 is 0 Å². The molecule has 0 saturated carbocycles. The van der Waals surface area contributed by atoms with Crippen molar-refractivity contribution in [2.75, 3.05) is 0 Å². The van der Waals surface area contributed by atoms with Gasteiger partial charge in [-0.1, -0.05) is 24.8 Å². The third kappa shape index (κ3) is 3.78. The average molecular weight is 491 g/mol. The third-order valence-electron chi connectivity index (χ3n) is 6.25. The van der Waals surface area contributed by atoms with Crippen molar-refractivity contribution >= 4 is 39.0 Å². The molecule has 5 aromatic heterocycles. The number of hydrogen-bond acceptors (Lipinski definition) is 7. The van der Waals surface area contributed by atoms with Crippen molar-refractivity contribution in [1.82, 2.24) is 18.9 Å². The monoisotopic (exact) mass is 490 g/mol. The SMILES string of the molecule is CC1CCc2c(sc3nc(SCc4cc(=O)n5ccccc5n4)n(Cc4ccco4)c(=O)c23)C1. The van der Waals surface area contributed by atoms with Gasteiger partial charge in [0.1, 0.15) is 16.2 Å². The zero-order valence-corrected chi connectivity index (χ0v) is 20.2. The first-order chi connectivity index (χ1) is 16.6. The molecule has 0 N–H and O–H groups in total. The van der Waals surface area contributed by atoms with Crippen LogP contribution in [-0.2, 0) is 25.1 Å². The highest BCUT2D eigenvalue weighted by molar-refractivity contribution is 7.98. The minimum Gasteiger partial charge on any atom is -0.467 e. The van der Waals surface area contributed by atoms with Crippen molar-refractivity contribution < 1.29 is 4.42 Å². The van der Waals surface area contributed by atoms with Gasteiger partial charge in [-0.05, 0) is 55.0 Å². The van der Waals surface area contributed by atoms with Crippen LogP contribution in [0, 0.1) is 5.92 Å². The topological polar surface area (TPSA) is 82.4 Å². The molecule has 0 spiro atoms. The molecule has 0 amide bonds. The van der Waals surface area contributed by atoms with Gasteiger partial charge in [0, 0.05) is 22.9 Å². The van der Waals surface area contributed by atoms with Crippen molar-refractivity contribution in [1.29, 1.82) is 0 Å². The summed E-state index contributed by atoms with van der Waals surface area (Å²) in [6.07, 6.45) is 6.33. The summed E-state index contributed by atoms with van der Waals surface area (Å²) in [6, 6.07) is 10.7. The van der Waals surface area contributed by atoms with Crippen LogP contribution in [0.2, 0.25) is 0 Å². The van der Waals surface area contributed by atoms with Crippen LogP contribution in [0.25, 0.3) is 15.9 Å². The number of furan rings is 1. The van der Waals surface area contributed by atoms with Crippen molar-refractivity contribution in [3.05, 3.63) is 91.5 Å². The molecule has 0 aromatic carbocycles. The summed E-state index contributed by atoms with van der Waals surface area (Å²) in [5.41, 5.74) is 2.27. The quantitative estimate of drug-likeness (QED) is 0.266. The van der Waals surface area contributed by atoms with Gasteiger partial charge in [0.25, 0.3) is 11.1 Å². The average Bonchev–Trinajstić information content (AvgIpc) is 3.47. The number of pyridine rings is 1. The van der Waals surface area contributed by atoms with E-state index in [4.69, 9.17) is 9.40 Å². The molecule has 6 rings (SSSR count). The summed E-state index contributed by atoms with van der Waals surface area (Å²) in [5.74, 6) is 1.75. The number of rotatable bonds is 5. The lowest BCUT2D eigenvalue weighted by Gasteiger charge is -2.17. The molecule has 34 heavy (non-hydrogen) atoms. The molecule has 0 aliphatic heterocycles. The van der Waals surface area contributed by atoms with Crippen LogP contribution in [0.1, 0.15) is 35.2 Å². The Morgan fingerprint density at radius 2 is 2.12 bits per heavy atom. The summed E-state index contributed by atoms with van der Waals surface area (Å²) in [4.78, 5) is 37.9. The van der Waals surface area contributed by atoms with Crippen LogP contribution < -0.4 is 11.1 Å². The van der Waals surface area contributed by atoms with E-state index in [0.29, 0.717) is 40.5 Å². The van der Waals surface area contributed by atoms with E-state index in [1.807, 2.05) is 24.3 Å². The largest absolute Gasteiger partial charge is 0.467 e. The summed E-state index contributed by atoms with van der Waals surface area (Å²) < 4.78 is 8.76. The Morgan fingerprint density at radius 3 is 2.97 bits per heavy atom. The summed E-state index contributed by atoms with van der Waals surface area (Å²) in [6.45, 7) is 2.57. The molecule has 1 unspecified atom stereocenters. The number of hydrogen-bond donors (Lipinski definition) is 0. The van der Waals surface area contributed by atoms with Crippen LogP contribution in [0.4, 0.5) is 0 Å². The first-order valence-electron chi connectivity index (χ1n) is 11.2. The van der Waals surface area contributed by atoms with E-state index in [2.05, 4.69) is 11.9 Å². The van der Waals surface area contributed by atoms with Crippen LogP contribution in [-0.4, -0.2) is 18.9 Å². The third-order valence-corrected chi connectivity index (χ3v) is 8.41. The molecule has 0 fully saturated rings. The summed E-state index contributed by atoms with van der Waals surface area (Å²) in [5, 5.41) is 1.36. The molecule has 7 nitrogen and oxygen atoms in total. The van der Waals surface area contributed by atoms with E-state index in [1.165, 1.54) is 26.6 Å². The molecule has 172 valence electrons. The predicted octanol–water partition coefficient (Wildman–Crippen LogP) is 4.52. The van der Waals surface area contributed by atoms with Gasteiger partial charge in [-0.15, -0.1) is 11.3 Å². The molecule has 9 heteroatoms. The Labute approximate surface area is 203 Å². The molecule has 0 bridgehead atoms. The van der Waals surface area contributed by atoms with Gasteiger partial charge in [-0.25, -0.2) is 9.97 Å². The summed E-state index contributed by atoms with van der Waals surface area (Å²) >= 11 is 3.07. The fourth-order valence-corrected chi connectivity index (χ4v) is 6.84. The molecule has 0 saturated heterocycles. The zero-order chi connectivity index (χ0) is 23.2. The summed E-state index contributed by atoms with van der Waals surface area (Å²) in [7, 11) is 0. The number of aromatic nitrogens is 4. The first kappa shape index (κ1) is 21.4. The van der Waals surface area contributed by atoms with Gasteiger partial charge in [0.15, 0.2) is 5.16 Å². The van der Waals surface area contributed by atoms with Crippen molar-refractivity contribution in [3.63, 3.8) is 0 Å². The number of aryl methyl sites for hydroxylation is 1.